The molecule has 5 nitrogen and oxygen atoms in total. The zero-order chi connectivity index (χ0) is 18.5. The predicted octanol–water partition coefficient (Wildman–Crippen LogP) is 4.34. The third kappa shape index (κ3) is 4.26. The highest BCUT2D eigenvalue weighted by molar-refractivity contribution is 9.10. The fraction of sp³-hybridized carbons (Fsp3) is 0.250. The van der Waals surface area contributed by atoms with E-state index in [4.69, 9.17) is 19.6 Å². The second-order valence-corrected chi connectivity index (χ2v) is 6.73. The van der Waals surface area contributed by atoms with Crippen molar-refractivity contribution in [2.24, 2.45) is 5.73 Å². The Morgan fingerprint density at radius 1 is 1.19 bits per heavy atom. The largest absolute Gasteiger partial charge is 0.488 e. The third-order valence-electron chi connectivity index (χ3n) is 4.01. The van der Waals surface area contributed by atoms with E-state index < -0.39 is 0 Å². The molecule has 0 saturated heterocycles. The maximum absolute atomic E-state index is 11.8. The SMILES string of the molecule is CCOC(=O)Cc1ccc(CN)cc1OCc1coc2ccc(Br)cc12. The third-order valence-corrected chi connectivity index (χ3v) is 4.50. The molecule has 136 valence electrons. The fourth-order valence-electron chi connectivity index (χ4n) is 2.70. The van der Waals surface area contributed by atoms with E-state index in [1.807, 2.05) is 36.4 Å². The summed E-state index contributed by atoms with van der Waals surface area (Å²) in [6, 6.07) is 11.5. The minimum atomic E-state index is -0.282. The molecular formula is C20H20BrNO4. The Morgan fingerprint density at radius 3 is 2.81 bits per heavy atom. The van der Waals surface area contributed by atoms with Crippen LogP contribution in [0.3, 0.4) is 0 Å². The van der Waals surface area contributed by atoms with Gasteiger partial charge in [-0.05, 0) is 36.8 Å². The molecule has 3 rings (SSSR count). The van der Waals surface area contributed by atoms with Crippen molar-refractivity contribution in [1.29, 1.82) is 0 Å². The monoisotopic (exact) mass is 417 g/mol. The quantitative estimate of drug-likeness (QED) is 0.578. The summed E-state index contributed by atoms with van der Waals surface area (Å²) < 4.78 is 17.6. The van der Waals surface area contributed by atoms with Crippen molar-refractivity contribution in [2.45, 2.75) is 26.5 Å². The lowest BCUT2D eigenvalue weighted by atomic mass is 10.1. The lowest BCUT2D eigenvalue weighted by Gasteiger charge is -2.12. The molecule has 0 atom stereocenters. The number of hydrogen-bond acceptors (Lipinski definition) is 5. The van der Waals surface area contributed by atoms with E-state index >= 15 is 0 Å². The van der Waals surface area contributed by atoms with Crippen molar-refractivity contribution in [3.63, 3.8) is 0 Å². The summed E-state index contributed by atoms with van der Waals surface area (Å²) in [5.74, 6) is 0.348. The van der Waals surface area contributed by atoms with Crippen LogP contribution in [-0.4, -0.2) is 12.6 Å². The van der Waals surface area contributed by atoms with Crippen LogP contribution in [0.1, 0.15) is 23.6 Å². The van der Waals surface area contributed by atoms with E-state index in [2.05, 4.69) is 15.9 Å². The molecule has 0 radical (unpaired) electrons. The topological polar surface area (TPSA) is 74.7 Å². The molecule has 2 N–H and O–H groups in total. The van der Waals surface area contributed by atoms with E-state index in [9.17, 15) is 4.79 Å². The van der Waals surface area contributed by atoms with Crippen molar-refractivity contribution in [1.82, 2.24) is 0 Å². The summed E-state index contributed by atoms with van der Waals surface area (Å²) in [7, 11) is 0. The number of carbonyl (C=O) groups excluding carboxylic acids is 1. The van der Waals surface area contributed by atoms with Crippen molar-refractivity contribution in [3.05, 3.63) is 63.8 Å². The van der Waals surface area contributed by atoms with Crippen LogP contribution in [0.25, 0.3) is 11.0 Å². The molecule has 1 aromatic heterocycles. The van der Waals surface area contributed by atoms with Crippen LogP contribution in [0.2, 0.25) is 0 Å². The van der Waals surface area contributed by atoms with Gasteiger partial charge in [0.15, 0.2) is 0 Å². The normalized spacial score (nSPS) is 10.9. The second kappa shape index (κ2) is 8.38. The van der Waals surface area contributed by atoms with Crippen LogP contribution >= 0.6 is 15.9 Å². The zero-order valence-corrected chi connectivity index (χ0v) is 16.0. The highest BCUT2D eigenvalue weighted by Crippen LogP contribution is 2.28. The van der Waals surface area contributed by atoms with Crippen LogP contribution < -0.4 is 10.5 Å². The van der Waals surface area contributed by atoms with Crippen LogP contribution in [0, 0.1) is 0 Å². The van der Waals surface area contributed by atoms with Crippen molar-refractivity contribution >= 4 is 32.9 Å². The van der Waals surface area contributed by atoms with Gasteiger partial charge in [-0.25, -0.2) is 0 Å². The molecule has 0 aliphatic carbocycles. The van der Waals surface area contributed by atoms with Gasteiger partial charge in [0.1, 0.15) is 17.9 Å². The summed E-state index contributed by atoms with van der Waals surface area (Å²) in [4.78, 5) is 11.8. The van der Waals surface area contributed by atoms with Gasteiger partial charge in [0.05, 0.1) is 19.3 Å². The molecule has 0 aliphatic rings. The molecule has 2 aromatic carbocycles. The van der Waals surface area contributed by atoms with E-state index in [1.165, 1.54) is 0 Å². The number of ether oxygens (including phenoxy) is 2. The lowest BCUT2D eigenvalue weighted by molar-refractivity contribution is -0.142. The second-order valence-electron chi connectivity index (χ2n) is 5.82. The minimum absolute atomic E-state index is 0.158. The van der Waals surface area contributed by atoms with E-state index in [0.717, 1.165) is 32.1 Å². The van der Waals surface area contributed by atoms with Crippen molar-refractivity contribution in [3.8, 4) is 5.75 Å². The number of hydrogen-bond donors (Lipinski definition) is 1. The average molecular weight is 418 g/mol. The highest BCUT2D eigenvalue weighted by Gasteiger charge is 2.13. The average Bonchev–Trinajstić information content (AvgIpc) is 3.03. The van der Waals surface area contributed by atoms with Gasteiger partial charge >= 0.3 is 5.97 Å². The number of carbonyl (C=O) groups is 1. The molecule has 0 fully saturated rings. The van der Waals surface area contributed by atoms with Gasteiger partial charge in [0, 0.05) is 27.5 Å². The Labute approximate surface area is 160 Å². The molecule has 3 aromatic rings. The van der Waals surface area contributed by atoms with Crippen LogP contribution in [0.4, 0.5) is 0 Å². The number of nitrogens with two attached hydrogens (primary N) is 1. The summed E-state index contributed by atoms with van der Waals surface area (Å²) in [6.07, 6.45) is 1.85. The first-order chi connectivity index (χ1) is 12.6. The van der Waals surface area contributed by atoms with E-state index in [1.54, 1.807) is 13.2 Å². The molecule has 0 unspecified atom stereocenters. The first kappa shape index (κ1) is 18.5. The number of furan rings is 1. The molecule has 0 amide bonds. The van der Waals surface area contributed by atoms with Gasteiger partial charge in [-0.15, -0.1) is 0 Å². The van der Waals surface area contributed by atoms with Crippen LogP contribution in [0.5, 0.6) is 5.75 Å². The fourth-order valence-corrected chi connectivity index (χ4v) is 3.06. The molecule has 0 aliphatic heterocycles. The maximum Gasteiger partial charge on any atom is 0.310 e. The number of esters is 1. The van der Waals surface area contributed by atoms with Gasteiger partial charge in [-0.1, -0.05) is 28.1 Å². The first-order valence-corrected chi connectivity index (χ1v) is 9.16. The number of halogens is 1. The molecule has 0 bridgehead atoms. The lowest BCUT2D eigenvalue weighted by Crippen LogP contribution is -2.10. The highest BCUT2D eigenvalue weighted by atomic mass is 79.9. The predicted molar refractivity (Wildman–Crippen MR) is 103 cm³/mol. The molecule has 0 saturated carbocycles. The van der Waals surface area contributed by atoms with E-state index in [-0.39, 0.29) is 12.4 Å². The number of rotatable bonds is 7. The molecule has 6 heteroatoms. The minimum Gasteiger partial charge on any atom is -0.488 e. The maximum atomic E-state index is 11.8. The number of benzene rings is 2. The first-order valence-electron chi connectivity index (χ1n) is 8.36. The summed E-state index contributed by atoms with van der Waals surface area (Å²) in [5, 5.41) is 0.987. The number of fused-ring (bicyclic) bond motifs is 1. The Bertz CT molecular complexity index is 919. The molecule has 26 heavy (non-hydrogen) atoms. The molecule has 1 heterocycles. The standard InChI is InChI=1S/C20H20BrNO4/c1-2-24-20(23)8-14-4-3-13(10-22)7-19(14)26-12-15-11-25-18-6-5-16(21)9-17(15)18/h3-7,9,11H,2,8,10,12,22H2,1H3. The van der Waals surface area contributed by atoms with Gasteiger partial charge in [-0.3, -0.25) is 4.79 Å². The Kier molecular flexibility index (Phi) is 5.96. The molecule has 0 spiro atoms. The summed E-state index contributed by atoms with van der Waals surface area (Å²) in [6.45, 7) is 2.87. The van der Waals surface area contributed by atoms with Gasteiger partial charge in [0.2, 0.25) is 0 Å². The Morgan fingerprint density at radius 2 is 2.04 bits per heavy atom. The van der Waals surface area contributed by atoms with Gasteiger partial charge in [-0.2, -0.15) is 0 Å². The van der Waals surface area contributed by atoms with E-state index in [0.29, 0.717) is 25.5 Å². The zero-order valence-electron chi connectivity index (χ0n) is 14.5. The summed E-state index contributed by atoms with van der Waals surface area (Å²) >= 11 is 3.47. The van der Waals surface area contributed by atoms with Crippen molar-refractivity contribution < 1.29 is 18.7 Å². The smallest absolute Gasteiger partial charge is 0.310 e. The Hall–Kier alpha value is -2.31. The van der Waals surface area contributed by atoms with Gasteiger partial charge < -0.3 is 19.6 Å². The Balaban J connectivity index is 1.83. The van der Waals surface area contributed by atoms with Gasteiger partial charge in [0.25, 0.3) is 0 Å². The van der Waals surface area contributed by atoms with Crippen LogP contribution in [0.15, 0.2) is 51.6 Å². The summed E-state index contributed by atoms with van der Waals surface area (Å²) in [5.41, 5.74) is 9.17. The van der Waals surface area contributed by atoms with Crippen LogP contribution in [-0.2, 0) is 29.1 Å². The molecular weight excluding hydrogens is 398 g/mol. The van der Waals surface area contributed by atoms with Crippen molar-refractivity contribution in [2.75, 3.05) is 6.61 Å².